The number of nitrogens with zero attached hydrogens (tertiary/aromatic N) is 3. The molecule has 25 heavy (non-hydrogen) atoms. The van der Waals surface area contributed by atoms with E-state index >= 15 is 0 Å². The van der Waals surface area contributed by atoms with Crippen LogP contribution in [-0.4, -0.2) is 40.9 Å². The van der Waals surface area contributed by atoms with Gasteiger partial charge in [-0.2, -0.15) is 4.98 Å². The average Bonchev–Trinajstić information content (AvgIpc) is 3.03. The molecule has 0 saturated carbocycles. The van der Waals surface area contributed by atoms with Crippen molar-refractivity contribution in [3.8, 4) is 0 Å². The van der Waals surface area contributed by atoms with Crippen molar-refractivity contribution in [3.63, 3.8) is 0 Å². The Morgan fingerprint density at radius 2 is 1.80 bits per heavy atom. The van der Waals surface area contributed by atoms with Crippen LogP contribution in [0.2, 0.25) is 5.02 Å². The van der Waals surface area contributed by atoms with Crippen molar-refractivity contribution >= 4 is 29.5 Å². The van der Waals surface area contributed by atoms with Gasteiger partial charge in [-0.15, -0.1) is 5.10 Å². The van der Waals surface area contributed by atoms with E-state index in [1.54, 1.807) is 31.2 Å². The second-order valence-electron chi connectivity index (χ2n) is 5.30. The van der Waals surface area contributed by atoms with Crippen molar-refractivity contribution in [1.82, 2.24) is 14.8 Å². The number of aromatic nitrogens is 3. The molecule has 1 unspecified atom stereocenters. The van der Waals surface area contributed by atoms with Crippen LogP contribution in [-0.2, 0) is 14.3 Å². The lowest BCUT2D eigenvalue weighted by Gasteiger charge is -2.27. The number of hydrogen-bond donors (Lipinski definition) is 1. The Labute approximate surface area is 148 Å². The lowest BCUT2D eigenvalue weighted by Crippen LogP contribution is -2.29. The minimum Gasteiger partial charge on any atom is -0.466 e. The molecule has 0 bridgehead atoms. The lowest BCUT2D eigenvalue weighted by atomic mass is 9.96. The maximum absolute atomic E-state index is 12.3. The minimum atomic E-state index is -0.671. The highest BCUT2D eigenvalue weighted by atomic mass is 35.5. The third-order valence-corrected chi connectivity index (χ3v) is 4.06. The number of esters is 2. The number of anilines is 1. The Morgan fingerprint density at radius 1 is 1.16 bits per heavy atom. The van der Waals surface area contributed by atoms with E-state index in [0.29, 0.717) is 22.2 Å². The first-order chi connectivity index (χ1) is 12.0. The quantitative estimate of drug-likeness (QED) is 0.836. The molecule has 1 aromatic carbocycles. The highest BCUT2D eigenvalue weighted by Gasteiger charge is 2.35. The summed E-state index contributed by atoms with van der Waals surface area (Å²) in [5.41, 5.74) is 1.66. The Hall–Kier alpha value is -2.87. The van der Waals surface area contributed by atoms with Gasteiger partial charge in [0.15, 0.2) is 0 Å². The van der Waals surface area contributed by atoms with E-state index in [-0.39, 0.29) is 5.82 Å². The fourth-order valence-electron chi connectivity index (χ4n) is 2.66. The van der Waals surface area contributed by atoms with Gasteiger partial charge in [0, 0.05) is 10.7 Å². The number of methoxy groups -OCH3 is 2. The lowest BCUT2D eigenvalue weighted by molar-refractivity contribution is -0.136. The summed E-state index contributed by atoms with van der Waals surface area (Å²) in [7, 11) is 2.55. The SMILES string of the molecule is COC(=O)C1=C(C)Nc2nc(C(=O)OC)nn2C1c1ccc(Cl)cc1. The molecule has 1 atom stereocenters. The molecule has 2 aromatic rings. The smallest absolute Gasteiger partial charge is 0.378 e. The molecule has 9 heteroatoms. The van der Waals surface area contributed by atoms with Crippen LogP contribution in [0.4, 0.5) is 5.95 Å². The first-order valence-corrected chi connectivity index (χ1v) is 7.70. The largest absolute Gasteiger partial charge is 0.466 e. The molecule has 1 aliphatic heterocycles. The molecule has 8 nitrogen and oxygen atoms in total. The molecule has 1 aliphatic rings. The number of carbonyl (C=O) groups excluding carboxylic acids is 2. The number of rotatable bonds is 3. The zero-order valence-corrected chi connectivity index (χ0v) is 14.5. The van der Waals surface area contributed by atoms with Crippen molar-refractivity contribution in [2.45, 2.75) is 13.0 Å². The van der Waals surface area contributed by atoms with Crippen LogP contribution in [0.5, 0.6) is 0 Å². The Kier molecular flexibility index (Phi) is 4.45. The summed E-state index contributed by atoms with van der Waals surface area (Å²) in [5.74, 6) is -0.963. The number of ether oxygens (including phenoxy) is 2. The number of benzene rings is 1. The van der Waals surface area contributed by atoms with Crippen molar-refractivity contribution in [1.29, 1.82) is 0 Å². The zero-order valence-electron chi connectivity index (χ0n) is 13.7. The first-order valence-electron chi connectivity index (χ1n) is 7.32. The first kappa shape index (κ1) is 17.0. The van der Waals surface area contributed by atoms with Gasteiger partial charge in [-0.25, -0.2) is 14.3 Å². The van der Waals surface area contributed by atoms with Crippen LogP contribution in [0.1, 0.15) is 29.1 Å². The van der Waals surface area contributed by atoms with Crippen LogP contribution in [0.25, 0.3) is 0 Å². The van der Waals surface area contributed by atoms with Gasteiger partial charge in [0.2, 0.25) is 5.95 Å². The molecule has 0 spiro atoms. The molecule has 1 aromatic heterocycles. The Morgan fingerprint density at radius 3 is 2.40 bits per heavy atom. The Balaban J connectivity index is 2.18. The number of nitrogens with one attached hydrogen (secondary N) is 1. The van der Waals surface area contributed by atoms with Crippen molar-refractivity contribution in [2.24, 2.45) is 0 Å². The molecular formula is C16H15ClN4O4. The van der Waals surface area contributed by atoms with E-state index in [9.17, 15) is 9.59 Å². The van der Waals surface area contributed by atoms with Crippen LogP contribution in [0.3, 0.4) is 0 Å². The highest BCUT2D eigenvalue weighted by Crippen LogP contribution is 2.35. The van der Waals surface area contributed by atoms with Gasteiger partial charge in [-0.05, 0) is 24.6 Å². The van der Waals surface area contributed by atoms with Crippen molar-refractivity contribution in [2.75, 3.05) is 19.5 Å². The summed E-state index contributed by atoms with van der Waals surface area (Å²) in [6.07, 6.45) is 0. The molecule has 1 N–H and O–H groups in total. The van der Waals surface area contributed by atoms with Crippen LogP contribution >= 0.6 is 11.6 Å². The maximum Gasteiger partial charge on any atom is 0.378 e. The Bertz CT molecular complexity index is 873. The van der Waals surface area contributed by atoms with Gasteiger partial charge in [0.25, 0.3) is 5.82 Å². The van der Waals surface area contributed by atoms with Crippen molar-refractivity contribution in [3.05, 3.63) is 51.9 Å². The number of halogens is 1. The van der Waals surface area contributed by atoms with E-state index in [1.165, 1.54) is 18.9 Å². The van der Waals surface area contributed by atoms with Gasteiger partial charge >= 0.3 is 11.9 Å². The topological polar surface area (TPSA) is 95.3 Å². The van der Waals surface area contributed by atoms with Gasteiger partial charge in [0.05, 0.1) is 19.8 Å². The van der Waals surface area contributed by atoms with E-state index in [1.807, 2.05) is 0 Å². The summed E-state index contributed by atoms with van der Waals surface area (Å²) in [6.45, 7) is 1.73. The maximum atomic E-state index is 12.3. The third-order valence-electron chi connectivity index (χ3n) is 3.81. The van der Waals surface area contributed by atoms with E-state index in [0.717, 1.165) is 5.56 Å². The number of fused-ring (bicyclic) bond motifs is 1. The number of carbonyl (C=O) groups is 2. The third kappa shape index (κ3) is 2.96. The highest BCUT2D eigenvalue weighted by molar-refractivity contribution is 6.30. The van der Waals surface area contributed by atoms with E-state index in [2.05, 4.69) is 20.1 Å². The number of allylic oxidation sites excluding steroid dienone is 1. The molecule has 0 fully saturated rings. The summed E-state index contributed by atoms with van der Waals surface area (Å²) >= 11 is 5.96. The molecular weight excluding hydrogens is 348 g/mol. The average molecular weight is 363 g/mol. The predicted octanol–water partition coefficient (Wildman–Crippen LogP) is 2.18. The fraction of sp³-hybridized carbons (Fsp3) is 0.250. The fourth-order valence-corrected chi connectivity index (χ4v) is 2.78. The molecule has 130 valence electrons. The normalized spacial score (nSPS) is 16.1. The van der Waals surface area contributed by atoms with Gasteiger partial charge in [-0.1, -0.05) is 23.7 Å². The van der Waals surface area contributed by atoms with Gasteiger partial charge in [-0.3, -0.25) is 0 Å². The molecule has 3 rings (SSSR count). The minimum absolute atomic E-state index is 0.108. The van der Waals surface area contributed by atoms with Gasteiger partial charge < -0.3 is 14.8 Å². The van der Waals surface area contributed by atoms with E-state index < -0.39 is 18.0 Å². The van der Waals surface area contributed by atoms with Crippen LogP contribution < -0.4 is 5.32 Å². The monoisotopic (exact) mass is 362 g/mol. The second kappa shape index (κ2) is 6.56. The number of hydrogen-bond acceptors (Lipinski definition) is 7. The summed E-state index contributed by atoms with van der Waals surface area (Å²) in [4.78, 5) is 28.2. The predicted molar refractivity (Wildman–Crippen MR) is 89.3 cm³/mol. The molecule has 0 aliphatic carbocycles. The summed E-state index contributed by atoms with van der Waals surface area (Å²) in [6, 6.07) is 6.35. The molecule has 0 radical (unpaired) electrons. The standard InChI is InChI=1S/C16H15ClN4O4/c1-8-11(14(22)24-2)12(9-4-6-10(17)7-5-9)21-16(18-8)19-13(20-21)15(23)25-3/h4-7,12H,1-3H3,(H,18,19,20). The zero-order chi connectivity index (χ0) is 18.1. The van der Waals surface area contributed by atoms with Crippen molar-refractivity contribution < 1.29 is 19.1 Å². The summed E-state index contributed by atoms with van der Waals surface area (Å²) < 4.78 is 11.0. The second-order valence-corrected chi connectivity index (χ2v) is 5.74. The molecule has 0 amide bonds. The molecule has 2 heterocycles. The van der Waals surface area contributed by atoms with Crippen LogP contribution in [0.15, 0.2) is 35.5 Å². The molecule has 0 saturated heterocycles. The van der Waals surface area contributed by atoms with E-state index in [4.69, 9.17) is 16.3 Å². The summed E-state index contributed by atoms with van der Waals surface area (Å²) in [5, 5.41) is 7.73. The van der Waals surface area contributed by atoms with Crippen LogP contribution in [0, 0.1) is 0 Å². The van der Waals surface area contributed by atoms with Gasteiger partial charge in [0.1, 0.15) is 6.04 Å².